The zero-order valence-electron chi connectivity index (χ0n) is 13.1. The van der Waals surface area contributed by atoms with E-state index >= 15 is 0 Å². The number of phenols is 1. The molecule has 1 heterocycles. The molecule has 0 aliphatic rings. The average molecular weight is 369 g/mol. The number of hydrogen-bond donors (Lipinski definition) is 1. The summed E-state index contributed by atoms with van der Waals surface area (Å²) in [6.07, 6.45) is -5.75. The molecule has 132 valence electrons. The minimum atomic E-state index is -4.82. The summed E-state index contributed by atoms with van der Waals surface area (Å²) >= 11 is 1.04. The lowest BCUT2D eigenvalue weighted by atomic mass is 10.1. The van der Waals surface area contributed by atoms with Gasteiger partial charge in [0.05, 0.1) is 16.9 Å². The summed E-state index contributed by atoms with van der Waals surface area (Å²) in [4.78, 5) is 27.4. The molecule has 0 amide bonds. The van der Waals surface area contributed by atoms with E-state index in [1.807, 2.05) is 0 Å². The molecule has 25 heavy (non-hydrogen) atoms. The Morgan fingerprint density at radius 3 is 2.48 bits per heavy atom. The molecular formula is C17H14F3NO3S. The van der Waals surface area contributed by atoms with Crippen molar-refractivity contribution in [3.8, 4) is 5.75 Å². The molecule has 0 saturated heterocycles. The number of aliphatic imine (C=N–C) groups is 1. The zero-order valence-corrected chi connectivity index (χ0v) is 13.9. The molecule has 0 atom stereocenters. The third kappa shape index (κ3) is 4.76. The topological polar surface area (TPSA) is 66.7 Å². The van der Waals surface area contributed by atoms with Gasteiger partial charge in [0.1, 0.15) is 18.0 Å². The molecule has 0 radical (unpaired) electrons. The van der Waals surface area contributed by atoms with Gasteiger partial charge in [0.2, 0.25) is 0 Å². The van der Waals surface area contributed by atoms with Crippen molar-refractivity contribution in [3.05, 3.63) is 51.7 Å². The van der Waals surface area contributed by atoms with Crippen LogP contribution < -0.4 is 0 Å². The Kier molecular flexibility index (Phi) is 5.73. The molecule has 0 spiro atoms. The van der Waals surface area contributed by atoms with Crippen LogP contribution in [0.4, 0.5) is 13.2 Å². The van der Waals surface area contributed by atoms with Gasteiger partial charge in [0.15, 0.2) is 11.6 Å². The molecule has 8 heteroatoms. The van der Waals surface area contributed by atoms with Gasteiger partial charge in [0, 0.05) is 0 Å². The van der Waals surface area contributed by atoms with Crippen molar-refractivity contribution in [1.82, 2.24) is 0 Å². The number of aromatic hydroxyl groups is 1. The predicted octanol–water partition coefficient (Wildman–Crippen LogP) is 4.22. The molecule has 0 bridgehead atoms. The van der Waals surface area contributed by atoms with E-state index in [0.717, 1.165) is 11.3 Å². The van der Waals surface area contributed by atoms with Gasteiger partial charge in [0.25, 0.3) is 0 Å². The summed E-state index contributed by atoms with van der Waals surface area (Å²) in [6, 6.07) is 7.38. The van der Waals surface area contributed by atoms with E-state index in [1.54, 1.807) is 24.4 Å². The van der Waals surface area contributed by atoms with Crippen molar-refractivity contribution in [2.75, 3.05) is 6.54 Å². The Balaban J connectivity index is 2.19. The fraction of sp³-hybridized carbons (Fsp3) is 0.235. The monoisotopic (exact) mass is 369 g/mol. The number of rotatable bonds is 6. The number of phenolic OH excluding ortho intramolecular Hbond substituents is 1. The summed E-state index contributed by atoms with van der Waals surface area (Å²) in [5.41, 5.74) is -0.986. The van der Waals surface area contributed by atoms with Crippen molar-refractivity contribution in [1.29, 1.82) is 0 Å². The lowest BCUT2D eigenvalue weighted by Crippen LogP contribution is -2.27. The highest BCUT2D eigenvalue weighted by Crippen LogP contribution is 2.24. The van der Waals surface area contributed by atoms with E-state index in [1.165, 1.54) is 18.2 Å². The van der Waals surface area contributed by atoms with Crippen LogP contribution in [0.3, 0.4) is 0 Å². The maximum atomic E-state index is 13.1. The van der Waals surface area contributed by atoms with Crippen molar-refractivity contribution in [3.63, 3.8) is 0 Å². The quantitative estimate of drug-likeness (QED) is 0.612. The Labute approximate surface area is 145 Å². The maximum absolute atomic E-state index is 13.1. The van der Waals surface area contributed by atoms with Crippen LogP contribution in [0.5, 0.6) is 5.75 Å². The van der Waals surface area contributed by atoms with Crippen LogP contribution in [0.2, 0.25) is 0 Å². The highest BCUT2D eigenvalue weighted by molar-refractivity contribution is 7.12. The lowest BCUT2D eigenvalue weighted by Gasteiger charge is -2.10. The number of hydrogen-bond acceptors (Lipinski definition) is 5. The van der Waals surface area contributed by atoms with Gasteiger partial charge in [-0.25, -0.2) is 0 Å². The fourth-order valence-corrected chi connectivity index (χ4v) is 2.72. The van der Waals surface area contributed by atoms with Gasteiger partial charge in [-0.1, -0.05) is 18.2 Å². The van der Waals surface area contributed by atoms with Crippen LogP contribution in [-0.2, 0) is 0 Å². The third-order valence-corrected chi connectivity index (χ3v) is 4.31. The molecule has 1 N–H and O–H groups in total. The van der Waals surface area contributed by atoms with Crippen LogP contribution in [0.25, 0.3) is 0 Å². The van der Waals surface area contributed by atoms with E-state index in [9.17, 15) is 27.9 Å². The first-order valence-corrected chi connectivity index (χ1v) is 8.07. The van der Waals surface area contributed by atoms with Gasteiger partial charge in [-0.3, -0.25) is 14.6 Å². The van der Waals surface area contributed by atoms with E-state index < -0.39 is 36.4 Å². The highest BCUT2D eigenvalue weighted by atomic mass is 32.1. The second-order valence-electron chi connectivity index (χ2n) is 5.23. The van der Waals surface area contributed by atoms with Crippen molar-refractivity contribution in [2.24, 2.45) is 4.99 Å². The molecule has 4 nitrogen and oxygen atoms in total. The molecule has 2 aromatic rings. The van der Waals surface area contributed by atoms with Gasteiger partial charge >= 0.3 is 6.18 Å². The number of carbonyl (C=O) groups excluding carboxylic acids is 2. The van der Waals surface area contributed by atoms with Gasteiger partial charge < -0.3 is 5.11 Å². The zero-order chi connectivity index (χ0) is 18.6. The Hall–Kier alpha value is -2.48. The highest BCUT2D eigenvalue weighted by Gasteiger charge is 2.37. The summed E-state index contributed by atoms with van der Waals surface area (Å²) in [7, 11) is 0. The van der Waals surface area contributed by atoms with Crippen molar-refractivity contribution in [2.45, 2.75) is 19.5 Å². The number of thiophene rings is 1. The first-order valence-electron chi connectivity index (χ1n) is 7.19. The lowest BCUT2D eigenvalue weighted by molar-refractivity contribution is -0.0603. The van der Waals surface area contributed by atoms with Crippen LogP contribution >= 0.6 is 11.3 Å². The number of nitrogens with zero attached hydrogens (tertiary/aromatic N) is 1. The first kappa shape index (κ1) is 18.9. The number of aryl methyl sites for hydroxylation is 1. The minimum Gasteiger partial charge on any atom is -0.507 e. The van der Waals surface area contributed by atoms with Crippen LogP contribution in [0.15, 0.2) is 40.7 Å². The summed E-state index contributed by atoms with van der Waals surface area (Å²) in [5.74, 6) is -1.76. The largest absolute Gasteiger partial charge is 0.507 e. The van der Waals surface area contributed by atoms with E-state index in [2.05, 4.69) is 4.99 Å². The molecule has 0 fully saturated rings. The molecule has 1 aromatic heterocycles. The number of Topliss-reactive ketones (excluding diaryl/α,β-unsaturated/α-hetero) is 2. The molecule has 0 unspecified atom stereocenters. The number of alkyl halides is 3. The molecule has 0 saturated carbocycles. The average Bonchev–Trinajstić information content (AvgIpc) is 3.07. The second kappa shape index (κ2) is 7.60. The second-order valence-corrected chi connectivity index (χ2v) is 6.18. The number of para-hydroxylation sites is 1. The molecule has 0 aliphatic heterocycles. The Bertz CT molecular complexity index is 811. The summed E-state index contributed by atoms with van der Waals surface area (Å²) in [5, 5.41) is 11.4. The molecule has 1 aromatic carbocycles. The van der Waals surface area contributed by atoms with Gasteiger partial charge in [-0.2, -0.15) is 13.2 Å². The van der Waals surface area contributed by atoms with E-state index in [0.29, 0.717) is 5.56 Å². The summed E-state index contributed by atoms with van der Waals surface area (Å²) in [6.45, 7) is 0.764. The standard InChI is InChI=1S/C17H14F3NO3S/c1-10-4-2-5-11(16(10)24)13(23)9-21-15(17(18,19)20)8-12(22)14-6-3-7-25-14/h2-7,24H,8-9H2,1H3. The van der Waals surface area contributed by atoms with Gasteiger partial charge in [-0.15, -0.1) is 11.3 Å². The number of carbonyl (C=O) groups is 2. The third-order valence-electron chi connectivity index (χ3n) is 3.40. The number of halogens is 3. The smallest absolute Gasteiger partial charge is 0.429 e. The molecular weight excluding hydrogens is 355 g/mol. The van der Waals surface area contributed by atoms with Crippen LogP contribution in [-0.4, -0.2) is 35.1 Å². The first-order chi connectivity index (χ1) is 11.7. The molecule has 2 rings (SSSR count). The SMILES string of the molecule is Cc1cccc(C(=O)CN=C(CC(=O)c2cccs2)C(F)(F)F)c1O. The molecule has 0 aliphatic carbocycles. The predicted molar refractivity (Wildman–Crippen MR) is 88.8 cm³/mol. The minimum absolute atomic E-state index is 0.102. The van der Waals surface area contributed by atoms with Crippen LogP contribution in [0, 0.1) is 6.92 Å². The summed E-state index contributed by atoms with van der Waals surface area (Å²) < 4.78 is 39.2. The van der Waals surface area contributed by atoms with E-state index in [-0.39, 0.29) is 16.2 Å². The van der Waals surface area contributed by atoms with Crippen molar-refractivity contribution >= 4 is 28.6 Å². The number of ketones is 2. The fourth-order valence-electron chi connectivity index (χ4n) is 2.06. The number of benzene rings is 1. The van der Waals surface area contributed by atoms with Crippen LogP contribution in [0.1, 0.15) is 32.0 Å². The maximum Gasteiger partial charge on any atom is 0.429 e. The Morgan fingerprint density at radius 1 is 1.16 bits per heavy atom. The van der Waals surface area contributed by atoms with Crippen molar-refractivity contribution < 1.29 is 27.9 Å². The Morgan fingerprint density at radius 2 is 1.88 bits per heavy atom. The van der Waals surface area contributed by atoms with E-state index in [4.69, 9.17) is 0 Å². The van der Waals surface area contributed by atoms with Gasteiger partial charge in [-0.05, 0) is 30.0 Å². The normalized spacial score (nSPS) is 12.2.